The van der Waals surface area contributed by atoms with Gasteiger partial charge in [0.15, 0.2) is 0 Å². The number of hydrogen-bond donors (Lipinski definition) is 1. The van der Waals surface area contributed by atoms with E-state index in [1.165, 1.54) is 0 Å². The minimum Gasteiger partial charge on any atom is -0.375 e. The summed E-state index contributed by atoms with van der Waals surface area (Å²) in [5, 5.41) is 0. The van der Waals surface area contributed by atoms with E-state index in [1.54, 1.807) is 0 Å². The van der Waals surface area contributed by atoms with Gasteiger partial charge in [-0.2, -0.15) is 0 Å². The molecule has 0 unspecified atom stereocenters. The van der Waals surface area contributed by atoms with E-state index in [0.717, 1.165) is 25.9 Å². The number of carbonyl (C=O) groups is 1. The molecule has 1 saturated heterocycles. The van der Waals surface area contributed by atoms with Gasteiger partial charge in [0.25, 0.3) is 0 Å². The van der Waals surface area contributed by atoms with Gasteiger partial charge in [-0.1, -0.05) is 13.8 Å². The number of nitrogens with two attached hydrogens (primary N) is 1. The van der Waals surface area contributed by atoms with Crippen LogP contribution in [0.3, 0.4) is 0 Å². The number of morpholine rings is 1. The van der Waals surface area contributed by atoms with Gasteiger partial charge in [-0.3, -0.25) is 4.79 Å². The van der Waals surface area contributed by atoms with Crippen LogP contribution in [0.2, 0.25) is 0 Å². The van der Waals surface area contributed by atoms with Crippen molar-refractivity contribution in [2.24, 2.45) is 11.7 Å². The van der Waals surface area contributed by atoms with Gasteiger partial charge in [-0.05, 0) is 19.4 Å². The highest BCUT2D eigenvalue weighted by Gasteiger charge is 2.24. The van der Waals surface area contributed by atoms with Crippen molar-refractivity contribution < 1.29 is 9.53 Å². The third-order valence-electron chi connectivity index (χ3n) is 2.67. The van der Waals surface area contributed by atoms with Crippen LogP contribution in [0.4, 0.5) is 0 Å². The van der Waals surface area contributed by atoms with Crippen LogP contribution in [0.15, 0.2) is 0 Å². The lowest BCUT2D eigenvalue weighted by atomic mass is 10.1. The molecular weight excluding hydrogens is 192 g/mol. The summed E-state index contributed by atoms with van der Waals surface area (Å²) in [6.45, 7) is 6.69. The summed E-state index contributed by atoms with van der Waals surface area (Å²) < 4.78 is 5.59. The summed E-state index contributed by atoms with van der Waals surface area (Å²) in [4.78, 5) is 13.7. The average Bonchev–Trinajstić information content (AvgIpc) is 2.25. The van der Waals surface area contributed by atoms with E-state index in [2.05, 4.69) is 0 Å². The topological polar surface area (TPSA) is 55.6 Å². The van der Waals surface area contributed by atoms with E-state index in [1.807, 2.05) is 18.7 Å². The maximum absolute atomic E-state index is 11.8. The Balaban J connectivity index is 2.38. The maximum atomic E-state index is 11.8. The summed E-state index contributed by atoms with van der Waals surface area (Å²) in [6, 6.07) is 0. The zero-order valence-corrected chi connectivity index (χ0v) is 9.74. The maximum Gasteiger partial charge on any atom is 0.225 e. The Kier molecular flexibility index (Phi) is 5.05. The average molecular weight is 214 g/mol. The van der Waals surface area contributed by atoms with Gasteiger partial charge in [0.05, 0.1) is 12.7 Å². The third-order valence-corrected chi connectivity index (χ3v) is 2.67. The summed E-state index contributed by atoms with van der Waals surface area (Å²) in [5.74, 6) is 0.314. The Labute approximate surface area is 91.8 Å². The Morgan fingerprint density at radius 1 is 1.60 bits per heavy atom. The van der Waals surface area contributed by atoms with E-state index < -0.39 is 0 Å². The van der Waals surface area contributed by atoms with Crippen LogP contribution in [-0.2, 0) is 9.53 Å². The zero-order chi connectivity index (χ0) is 11.3. The molecule has 1 aliphatic rings. The van der Waals surface area contributed by atoms with Gasteiger partial charge in [-0.15, -0.1) is 0 Å². The summed E-state index contributed by atoms with van der Waals surface area (Å²) in [5.41, 5.74) is 5.45. The highest BCUT2D eigenvalue weighted by Crippen LogP contribution is 2.12. The standard InChI is InChI=1S/C11H22N2O2/c1-9(2)11(14)13-6-7-15-10(8-13)4-3-5-12/h9-10H,3-8,12H2,1-2H3/t10-/m0/s1. The first-order chi connectivity index (χ1) is 7.15. The van der Waals surface area contributed by atoms with Crippen LogP contribution in [0.1, 0.15) is 26.7 Å². The van der Waals surface area contributed by atoms with Crippen LogP contribution in [-0.4, -0.2) is 43.2 Å². The fourth-order valence-corrected chi connectivity index (χ4v) is 1.80. The molecule has 15 heavy (non-hydrogen) atoms. The number of ether oxygens (including phenoxy) is 1. The lowest BCUT2D eigenvalue weighted by Crippen LogP contribution is -2.47. The van der Waals surface area contributed by atoms with Gasteiger partial charge >= 0.3 is 0 Å². The van der Waals surface area contributed by atoms with Crippen molar-refractivity contribution >= 4 is 5.91 Å². The van der Waals surface area contributed by atoms with Crippen molar-refractivity contribution in [1.29, 1.82) is 0 Å². The van der Waals surface area contributed by atoms with Crippen LogP contribution in [0, 0.1) is 5.92 Å². The second-order valence-electron chi connectivity index (χ2n) is 4.36. The van der Waals surface area contributed by atoms with E-state index in [-0.39, 0.29) is 17.9 Å². The molecule has 0 spiro atoms. The number of hydrogen-bond acceptors (Lipinski definition) is 3. The van der Waals surface area contributed by atoms with Crippen molar-refractivity contribution in [3.8, 4) is 0 Å². The molecule has 2 N–H and O–H groups in total. The normalized spacial score (nSPS) is 22.1. The predicted molar refractivity (Wildman–Crippen MR) is 59.4 cm³/mol. The van der Waals surface area contributed by atoms with Crippen LogP contribution in [0.25, 0.3) is 0 Å². The smallest absolute Gasteiger partial charge is 0.225 e. The lowest BCUT2D eigenvalue weighted by molar-refractivity contribution is -0.142. The minimum absolute atomic E-state index is 0.0817. The van der Waals surface area contributed by atoms with Crippen molar-refractivity contribution in [2.75, 3.05) is 26.2 Å². The number of amides is 1. The SMILES string of the molecule is CC(C)C(=O)N1CCO[C@@H](CCCN)C1. The monoisotopic (exact) mass is 214 g/mol. The molecular formula is C11H22N2O2. The Morgan fingerprint density at radius 3 is 2.93 bits per heavy atom. The van der Waals surface area contributed by atoms with Gasteiger partial charge in [0.2, 0.25) is 5.91 Å². The molecule has 1 heterocycles. The molecule has 4 nitrogen and oxygen atoms in total. The second-order valence-corrected chi connectivity index (χ2v) is 4.36. The summed E-state index contributed by atoms with van der Waals surface area (Å²) >= 11 is 0. The minimum atomic E-state index is 0.0817. The van der Waals surface area contributed by atoms with Crippen molar-refractivity contribution in [3.05, 3.63) is 0 Å². The molecule has 0 aromatic carbocycles. The molecule has 0 aromatic heterocycles. The van der Waals surface area contributed by atoms with Gasteiger partial charge in [0.1, 0.15) is 0 Å². The molecule has 1 fully saturated rings. The highest BCUT2D eigenvalue weighted by atomic mass is 16.5. The Morgan fingerprint density at radius 2 is 2.33 bits per heavy atom. The summed E-state index contributed by atoms with van der Waals surface area (Å²) in [6.07, 6.45) is 2.11. The molecule has 0 aromatic rings. The predicted octanol–water partition coefficient (Wildman–Crippen LogP) is 0.609. The number of rotatable bonds is 4. The molecule has 0 saturated carbocycles. The first-order valence-electron chi connectivity index (χ1n) is 5.75. The van der Waals surface area contributed by atoms with E-state index in [9.17, 15) is 4.79 Å². The van der Waals surface area contributed by atoms with Crippen molar-refractivity contribution in [3.63, 3.8) is 0 Å². The second kappa shape index (κ2) is 6.08. The summed E-state index contributed by atoms with van der Waals surface area (Å²) in [7, 11) is 0. The fraction of sp³-hybridized carbons (Fsp3) is 0.909. The zero-order valence-electron chi connectivity index (χ0n) is 9.74. The van der Waals surface area contributed by atoms with Crippen molar-refractivity contribution in [2.45, 2.75) is 32.8 Å². The largest absolute Gasteiger partial charge is 0.375 e. The van der Waals surface area contributed by atoms with Crippen LogP contribution in [0.5, 0.6) is 0 Å². The molecule has 1 aliphatic heterocycles. The van der Waals surface area contributed by atoms with Gasteiger partial charge in [-0.25, -0.2) is 0 Å². The van der Waals surface area contributed by atoms with Gasteiger partial charge in [0, 0.05) is 19.0 Å². The lowest BCUT2D eigenvalue weighted by Gasteiger charge is -2.34. The van der Waals surface area contributed by atoms with E-state index in [4.69, 9.17) is 10.5 Å². The van der Waals surface area contributed by atoms with Crippen LogP contribution >= 0.6 is 0 Å². The van der Waals surface area contributed by atoms with E-state index >= 15 is 0 Å². The first kappa shape index (κ1) is 12.5. The molecule has 1 rings (SSSR count). The third kappa shape index (κ3) is 3.80. The molecule has 1 atom stereocenters. The number of nitrogens with zero attached hydrogens (tertiary/aromatic N) is 1. The first-order valence-corrected chi connectivity index (χ1v) is 5.75. The Bertz CT molecular complexity index is 207. The quantitative estimate of drug-likeness (QED) is 0.746. The fourth-order valence-electron chi connectivity index (χ4n) is 1.80. The van der Waals surface area contributed by atoms with Crippen molar-refractivity contribution in [1.82, 2.24) is 4.90 Å². The van der Waals surface area contributed by atoms with Gasteiger partial charge < -0.3 is 15.4 Å². The molecule has 1 amide bonds. The molecule has 88 valence electrons. The Hall–Kier alpha value is -0.610. The van der Waals surface area contributed by atoms with E-state index in [0.29, 0.717) is 13.2 Å². The highest BCUT2D eigenvalue weighted by molar-refractivity contribution is 5.78. The van der Waals surface area contributed by atoms with Crippen LogP contribution < -0.4 is 5.73 Å². The number of carbonyl (C=O) groups excluding carboxylic acids is 1. The molecule has 4 heteroatoms. The molecule has 0 radical (unpaired) electrons. The molecule has 0 bridgehead atoms. The molecule has 0 aliphatic carbocycles.